The number of para-hydroxylation sites is 2. The summed E-state index contributed by atoms with van der Waals surface area (Å²) in [5.41, 5.74) is 2.07. The molecule has 1 aromatic carbocycles. The smallest absolute Gasteiger partial charge is 0.220 e. The maximum atomic E-state index is 12.2. The molecule has 0 saturated carbocycles. The molecule has 1 aliphatic heterocycles. The lowest BCUT2D eigenvalue weighted by atomic mass is 9.93. The number of aryl methyl sites for hydroxylation is 1. The number of nitrogens with one attached hydrogen (secondary N) is 2. The van der Waals surface area contributed by atoms with Gasteiger partial charge in [-0.1, -0.05) is 12.1 Å². The number of aromatic nitrogens is 2. The van der Waals surface area contributed by atoms with E-state index in [1.165, 1.54) is 12.8 Å². The van der Waals surface area contributed by atoms with E-state index in [9.17, 15) is 4.79 Å². The number of fused-ring (bicyclic) bond motifs is 1. The standard InChI is InChI=1S/C18H26N4O/c1-13(18-21-15-5-3-4-6-16(15)22(18)2)20-17(23)8-7-14-9-11-19-12-10-14/h3-6,13-14,19H,7-12H2,1-2H3,(H,20,23). The van der Waals surface area contributed by atoms with Crippen molar-refractivity contribution in [2.24, 2.45) is 13.0 Å². The molecule has 0 spiro atoms. The minimum Gasteiger partial charge on any atom is -0.346 e. The van der Waals surface area contributed by atoms with Gasteiger partial charge in [-0.3, -0.25) is 4.79 Å². The summed E-state index contributed by atoms with van der Waals surface area (Å²) in [6.07, 6.45) is 3.98. The summed E-state index contributed by atoms with van der Waals surface area (Å²) in [6, 6.07) is 7.98. The fourth-order valence-corrected chi connectivity index (χ4v) is 3.44. The number of carbonyl (C=O) groups excluding carboxylic acids is 1. The van der Waals surface area contributed by atoms with Crippen LogP contribution in [0.15, 0.2) is 24.3 Å². The van der Waals surface area contributed by atoms with Crippen molar-refractivity contribution in [1.82, 2.24) is 20.2 Å². The monoisotopic (exact) mass is 314 g/mol. The van der Waals surface area contributed by atoms with Gasteiger partial charge in [-0.15, -0.1) is 0 Å². The van der Waals surface area contributed by atoms with Gasteiger partial charge in [0.15, 0.2) is 0 Å². The Bertz CT molecular complexity index is 673. The molecule has 5 nitrogen and oxygen atoms in total. The molecule has 0 radical (unpaired) electrons. The maximum Gasteiger partial charge on any atom is 0.220 e. The highest BCUT2D eigenvalue weighted by atomic mass is 16.1. The quantitative estimate of drug-likeness (QED) is 0.891. The predicted octanol–water partition coefficient (Wildman–Crippen LogP) is 2.53. The van der Waals surface area contributed by atoms with E-state index >= 15 is 0 Å². The molecule has 5 heteroatoms. The Morgan fingerprint density at radius 2 is 2.13 bits per heavy atom. The number of amides is 1. The number of rotatable bonds is 5. The lowest BCUT2D eigenvalue weighted by Gasteiger charge is -2.22. The zero-order chi connectivity index (χ0) is 16.2. The number of carbonyl (C=O) groups is 1. The lowest BCUT2D eigenvalue weighted by molar-refractivity contribution is -0.122. The van der Waals surface area contributed by atoms with Gasteiger partial charge in [0, 0.05) is 13.5 Å². The Kier molecular flexibility index (Phi) is 4.96. The summed E-state index contributed by atoms with van der Waals surface area (Å²) in [4.78, 5) is 16.9. The Morgan fingerprint density at radius 1 is 1.39 bits per heavy atom. The van der Waals surface area contributed by atoms with Crippen LogP contribution in [0.25, 0.3) is 11.0 Å². The SMILES string of the molecule is CC(NC(=O)CCC1CCNCC1)c1nc2ccccc2n1C. The second kappa shape index (κ2) is 7.13. The number of imidazole rings is 1. The van der Waals surface area contributed by atoms with Crippen molar-refractivity contribution < 1.29 is 4.79 Å². The lowest BCUT2D eigenvalue weighted by Crippen LogP contribution is -2.31. The van der Waals surface area contributed by atoms with Crippen LogP contribution in [0.4, 0.5) is 0 Å². The van der Waals surface area contributed by atoms with Crippen molar-refractivity contribution in [1.29, 1.82) is 0 Å². The van der Waals surface area contributed by atoms with E-state index in [1.807, 2.05) is 32.2 Å². The van der Waals surface area contributed by atoms with Crippen molar-refractivity contribution in [3.05, 3.63) is 30.1 Å². The van der Waals surface area contributed by atoms with Crippen LogP contribution < -0.4 is 10.6 Å². The van der Waals surface area contributed by atoms with Gasteiger partial charge in [0.25, 0.3) is 0 Å². The van der Waals surface area contributed by atoms with Crippen molar-refractivity contribution in [3.63, 3.8) is 0 Å². The van der Waals surface area contributed by atoms with Crippen molar-refractivity contribution >= 4 is 16.9 Å². The maximum absolute atomic E-state index is 12.2. The predicted molar refractivity (Wildman–Crippen MR) is 92.1 cm³/mol. The summed E-state index contributed by atoms with van der Waals surface area (Å²) in [5, 5.41) is 6.46. The molecule has 1 atom stereocenters. The fraction of sp³-hybridized carbons (Fsp3) is 0.556. The normalized spacial score (nSPS) is 17.3. The number of hydrogen-bond donors (Lipinski definition) is 2. The van der Waals surface area contributed by atoms with E-state index in [0.717, 1.165) is 36.4 Å². The van der Waals surface area contributed by atoms with E-state index < -0.39 is 0 Å². The Morgan fingerprint density at radius 3 is 2.87 bits per heavy atom. The van der Waals surface area contributed by atoms with Crippen molar-refractivity contribution in [3.8, 4) is 0 Å². The van der Waals surface area contributed by atoms with E-state index in [4.69, 9.17) is 0 Å². The largest absolute Gasteiger partial charge is 0.346 e. The first-order chi connectivity index (χ1) is 11.1. The first kappa shape index (κ1) is 16.0. The van der Waals surface area contributed by atoms with Gasteiger partial charge in [-0.05, 0) is 57.3 Å². The van der Waals surface area contributed by atoms with Crippen LogP contribution >= 0.6 is 0 Å². The molecule has 1 unspecified atom stereocenters. The summed E-state index contributed by atoms with van der Waals surface area (Å²) in [7, 11) is 2.00. The zero-order valence-electron chi connectivity index (χ0n) is 14.0. The van der Waals surface area contributed by atoms with Gasteiger partial charge in [0.1, 0.15) is 5.82 Å². The average Bonchev–Trinajstić information content (AvgIpc) is 2.91. The fourth-order valence-electron chi connectivity index (χ4n) is 3.44. The highest BCUT2D eigenvalue weighted by molar-refractivity contribution is 5.78. The number of nitrogens with zero attached hydrogens (tertiary/aromatic N) is 2. The van der Waals surface area contributed by atoms with Gasteiger partial charge in [0.2, 0.25) is 5.91 Å². The molecule has 1 aliphatic rings. The molecule has 1 fully saturated rings. The molecule has 2 heterocycles. The highest BCUT2D eigenvalue weighted by Crippen LogP contribution is 2.20. The molecule has 3 rings (SSSR count). The minimum atomic E-state index is -0.0760. The highest BCUT2D eigenvalue weighted by Gasteiger charge is 2.18. The number of piperidine rings is 1. The van der Waals surface area contributed by atoms with Crippen LogP contribution in [-0.4, -0.2) is 28.5 Å². The van der Waals surface area contributed by atoms with Crippen LogP contribution in [0, 0.1) is 5.92 Å². The molecular formula is C18H26N4O. The van der Waals surface area contributed by atoms with Gasteiger partial charge >= 0.3 is 0 Å². The van der Waals surface area contributed by atoms with Crippen molar-refractivity contribution in [2.45, 2.75) is 38.6 Å². The van der Waals surface area contributed by atoms with Crippen LogP contribution in [-0.2, 0) is 11.8 Å². The first-order valence-corrected chi connectivity index (χ1v) is 8.56. The van der Waals surface area contributed by atoms with Gasteiger partial charge in [0.05, 0.1) is 17.1 Å². The number of hydrogen-bond acceptors (Lipinski definition) is 3. The van der Waals surface area contributed by atoms with Gasteiger partial charge in [-0.25, -0.2) is 4.98 Å². The average molecular weight is 314 g/mol. The minimum absolute atomic E-state index is 0.0760. The Labute approximate surface area is 137 Å². The molecule has 0 aliphatic carbocycles. The van der Waals surface area contributed by atoms with E-state index in [0.29, 0.717) is 12.3 Å². The Balaban J connectivity index is 1.57. The van der Waals surface area contributed by atoms with Crippen LogP contribution in [0.3, 0.4) is 0 Å². The summed E-state index contributed by atoms with van der Waals surface area (Å²) in [5.74, 6) is 1.72. The third-order valence-corrected chi connectivity index (χ3v) is 4.82. The summed E-state index contributed by atoms with van der Waals surface area (Å²) >= 11 is 0. The zero-order valence-corrected chi connectivity index (χ0v) is 14.0. The van der Waals surface area contributed by atoms with E-state index in [2.05, 4.69) is 26.3 Å². The van der Waals surface area contributed by atoms with E-state index in [1.54, 1.807) is 0 Å². The molecule has 1 saturated heterocycles. The van der Waals surface area contributed by atoms with Crippen LogP contribution in [0.1, 0.15) is 44.5 Å². The van der Waals surface area contributed by atoms with Gasteiger partial charge < -0.3 is 15.2 Å². The van der Waals surface area contributed by atoms with E-state index in [-0.39, 0.29) is 11.9 Å². The third-order valence-electron chi connectivity index (χ3n) is 4.82. The molecular weight excluding hydrogens is 288 g/mol. The summed E-state index contributed by atoms with van der Waals surface area (Å²) in [6.45, 7) is 4.18. The van der Waals surface area contributed by atoms with Gasteiger partial charge in [-0.2, -0.15) is 0 Å². The number of benzene rings is 1. The topological polar surface area (TPSA) is 59.0 Å². The molecule has 2 N–H and O–H groups in total. The van der Waals surface area contributed by atoms with Crippen LogP contribution in [0.2, 0.25) is 0 Å². The molecule has 1 aromatic heterocycles. The summed E-state index contributed by atoms with van der Waals surface area (Å²) < 4.78 is 2.06. The molecule has 1 amide bonds. The third kappa shape index (κ3) is 3.72. The molecule has 124 valence electrons. The molecule has 23 heavy (non-hydrogen) atoms. The first-order valence-electron chi connectivity index (χ1n) is 8.56. The molecule has 0 bridgehead atoms. The molecule has 2 aromatic rings. The Hall–Kier alpha value is -1.88. The van der Waals surface area contributed by atoms with Crippen LogP contribution in [0.5, 0.6) is 0 Å². The second-order valence-electron chi connectivity index (χ2n) is 6.54. The van der Waals surface area contributed by atoms with Crippen molar-refractivity contribution in [2.75, 3.05) is 13.1 Å². The second-order valence-corrected chi connectivity index (χ2v) is 6.54.